The molecule has 0 spiro atoms. The van der Waals surface area contributed by atoms with Gasteiger partial charge in [0.05, 0.1) is 0 Å². The predicted molar refractivity (Wildman–Crippen MR) is 71.6 cm³/mol. The lowest BCUT2D eigenvalue weighted by Gasteiger charge is -2.36. The van der Waals surface area contributed by atoms with Crippen molar-refractivity contribution in [3.8, 4) is 0 Å². The van der Waals surface area contributed by atoms with Gasteiger partial charge in [-0.25, -0.2) is 4.39 Å². The lowest BCUT2D eigenvalue weighted by Crippen LogP contribution is -2.49. The number of aryl methyl sites for hydroxylation is 1. The number of nitrogens with zero attached hydrogens (tertiary/aromatic N) is 1. The van der Waals surface area contributed by atoms with Gasteiger partial charge in [-0.05, 0) is 24.1 Å². The summed E-state index contributed by atoms with van der Waals surface area (Å²) in [7, 11) is 0. The standard InChI is InChI=1S/C13H16F4N2.ClH/c1-9-2-3-10(8-11(9)14)12(13(15,16)17)19-6-4-18-5-7-19;/h2-3,8,12,18H,4-7H2,1H3;1H/t12-;/m0./s1. The van der Waals surface area contributed by atoms with Crippen molar-refractivity contribution in [3.63, 3.8) is 0 Å². The summed E-state index contributed by atoms with van der Waals surface area (Å²) in [6.07, 6.45) is -4.40. The van der Waals surface area contributed by atoms with Crippen molar-refractivity contribution in [3.05, 3.63) is 35.1 Å². The SMILES string of the molecule is Cc1ccc([C@H](N2CCNCC2)C(F)(F)F)cc1F.Cl. The Morgan fingerprint density at radius 3 is 2.30 bits per heavy atom. The van der Waals surface area contributed by atoms with Gasteiger partial charge in [0.15, 0.2) is 0 Å². The Hall–Kier alpha value is -0.850. The van der Waals surface area contributed by atoms with Crippen LogP contribution >= 0.6 is 12.4 Å². The van der Waals surface area contributed by atoms with Crippen LogP contribution in [0.15, 0.2) is 18.2 Å². The van der Waals surface area contributed by atoms with Crippen LogP contribution < -0.4 is 5.32 Å². The van der Waals surface area contributed by atoms with Crippen LogP contribution in [0.25, 0.3) is 0 Å². The van der Waals surface area contributed by atoms with Gasteiger partial charge in [0.25, 0.3) is 0 Å². The molecule has 114 valence electrons. The van der Waals surface area contributed by atoms with Crippen LogP contribution in [0.4, 0.5) is 17.6 Å². The Labute approximate surface area is 121 Å². The Bertz CT molecular complexity index is 444. The molecular weight excluding hydrogens is 296 g/mol. The van der Waals surface area contributed by atoms with Crippen molar-refractivity contribution >= 4 is 12.4 Å². The molecule has 0 amide bonds. The molecule has 1 aliphatic heterocycles. The molecule has 0 aliphatic carbocycles. The first-order chi connectivity index (χ1) is 8.89. The minimum Gasteiger partial charge on any atom is -0.314 e. The third kappa shape index (κ3) is 3.84. The quantitative estimate of drug-likeness (QED) is 0.844. The van der Waals surface area contributed by atoms with Gasteiger partial charge in [-0.2, -0.15) is 13.2 Å². The fourth-order valence-electron chi connectivity index (χ4n) is 2.33. The van der Waals surface area contributed by atoms with Gasteiger partial charge >= 0.3 is 6.18 Å². The van der Waals surface area contributed by atoms with E-state index >= 15 is 0 Å². The second-order valence-electron chi connectivity index (χ2n) is 4.74. The third-order valence-electron chi connectivity index (χ3n) is 3.34. The zero-order chi connectivity index (χ0) is 14.0. The molecule has 0 unspecified atom stereocenters. The van der Waals surface area contributed by atoms with Crippen LogP contribution in [0.2, 0.25) is 0 Å². The largest absolute Gasteiger partial charge is 0.408 e. The van der Waals surface area contributed by atoms with Crippen molar-refractivity contribution in [2.75, 3.05) is 26.2 Å². The molecule has 1 aliphatic rings. The summed E-state index contributed by atoms with van der Waals surface area (Å²) < 4.78 is 53.2. The summed E-state index contributed by atoms with van der Waals surface area (Å²) in [5.74, 6) is -0.595. The van der Waals surface area contributed by atoms with Crippen LogP contribution in [0.3, 0.4) is 0 Å². The molecule has 2 nitrogen and oxygen atoms in total. The first-order valence-electron chi connectivity index (χ1n) is 6.17. The van der Waals surface area contributed by atoms with Gasteiger partial charge in [0.2, 0.25) is 0 Å². The highest BCUT2D eigenvalue weighted by Gasteiger charge is 2.45. The molecule has 1 N–H and O–H groups in total. The van der Waals surface area contributed by atoms with Gasteiger partial charge in [-0.15, -0.1) is 12.4 Å². The minimum atomic E-state index is -4.40. The summed E-state index contributed by atoms with van der Waals surface area (Å²) in [6.45, 7) is 3.17. The highest BCUT2D eigenvalue weighted by atomic mass is 35.5. The molecule has 1 heterocycles. The number of rotatable bonds is 2. The number of nitrogens with one attached hydrogen (secondary N) is 1. The summed E-state index contributed by atoms with van der Waals surface area (Å²) in [5, 5.41) is 3.01. The number of hydrogen-bond donors (Lipinski definition) is 1. The Morgan fingerprint density at radius 2 is 1.80 bits per heavy atom. The Balaban J connectivity index is 0.00000200. The fourth-order valence-corrected chi connectivity index (χ4v) is 2.33. The number of benzene rings is 1. The second kappa shape index (κ2) is 6.74. The molecule has 1 saturated heterocycles. The van der Waals surface area contributed by atoms with Crippen LogP contribution in [0, 0.1) is 12.7 Å². The molecule has 1 fully saturated rings. The lowest BCUT2D eigenvalue weighted by molar-refractivity contribution is -0.187. The zero-order valence-corrected chi connectivity index (χ0v) is 11.8. The topological polar surface area (TPSA) is 15.3 Å². The van der Waals surface area contributed by atoms with E-state index in [1.54, 1.807) is 0 Å². The van der Waals surface area contributed by atoms with Crippen molar-refractivity contribution in [1.82, 2.24) is 10.2 Å². The highest BCUT2D eigenvalue weighted by molar-refractivity contribution is 5.85. The third-order valence-corrected chi connectivity index (χ3v) is 3.34. The van der Waals surface area contributed by atoms with Gasteiger partial charge in [-0.1, -0.05) is 12.1 Å². The summed E-state index contributed by atoms with van der Waals surface area (Å²) in [6, 6.07) is 2.02. The van der Waals surface area contributed by atoms with E-state index in [9.17, 15) is 17.6 Å². The van der Waals surface area contributed by atoms with E-state index in [2.05, 4.69) is 5.32 Å². The maximum Gasteiger partial charge on any atom is 0.408 e. The molecule has 20 heavy (non-hydrogen) atoms. The van der Waals surface area contributed by atoms with Crippen LogP contribution in [0.1, 0.15) is 17.2 Å². The predicted octanol–water partition coefficient (Wildman–Crippen LogP) is 3.06. The first kappa shape index (κ1) is 17.2. The summed E-state index contributed by atoms with van der Waals surface area (Å²) >= 11 is 0. The lowest BCUT2D eigenvalue weighted by atomic mass is 10.0. The molecule has 2 rings (SSSR count). The molecule has 0 aromatic heterocycles. The molecular formula is C13H17ClF4N2. The zero-order valence-electron chi connectivity index (χ0n) is 11.0. The Morgan fingerprint density at radius 1 is 1.20 bits per heavy atom. The maximum atomic E-state index is 13.5. The number of hydrogen-bond acceptors (Lipinski definition) is 2. The number of piperazine rings is 1. The maximum absolute atomic E-state index is 13.5. The van der Waals surface area contributed by atoms with E-state index in [4.69, 9.17) is 0 Å². The monoisotopic (exact) mass is 312 g/mol. The van der Waals surface area contributed by atoms with E-state index in [1.165, 1.54) is 24.0 Å². The molecule has 1 atom stereocenters. The van der Waals surface area contributed by atoms with E-state index in [0.717, 1.165) is 6.07 Å². The normalized spacial score (nSPS) is 18.4. The average Bonchev–Trinajstić information content (AvgIpc) is 2.34. The molecule has 1 aromatic carbocycles. The summed E-state index contributed by atoms with van der Waals surface area (Å²) in [4.78, 5) is 1.35. The van der Waals surface area contributed by atoms with E-state index in [-0.39, 0.29) is 18.0 Å². The van der Waals surface area contributed by atoms with Crippen LogP contribution in [0.5, 0.6) is 0 Å². The van der Waals surface area contributed by atoms with Gasteiger partial charge in [0.1, 0.15) is 11.9 Å². The van der Waals surface area contributed by atoms with Gasteiger partial charge in [0, 0.05) is 26.2 Å². The van der Waals surface area contributed by atoms with E-state index in [0.29, 0.717) is 31.7 Å². The van der Waals surface area contributed by atoms with E-state index < -0.39 is 18.0 Å². The number of alkyl halides is 3. The molecule has 7 heteroatoms. The van der Waals surface area contributed by atoms with Crippen LogP contribution in [-0.2, 0) is 0 Å². The minimum absolute atomic E-state index is 0. The van der Waals surface area contributed by atoms with E-state index in [1.807, 2.05) is 0 Å². The second-order valence-corrected chi connectivity index (χ2v) is 4.74. The number of halogens is 5. The highest BCUT2D eigenvalue weighted by Crippen LogP contribution is 2.38. The molecule has 0 saturated carbocycles. The summed E-state index contributed by atoms with van der Waals surface area (Å²) in [5.41, 5.74) is 0.322. The van der Waals surface area contributed by atoms with Crippen molar-refractivity contribution in [2.24, 2.45) is 0 Å². The fraction of sp³-hybridized carbons (Fsp3) is 0.538. The first-order valence-corrected chi connectivity index (χ1v) is 6.17. The van der Waals surface area contributed by atoms with Crippen molar-refractivity contribution in [2.45, 2.75) is 19.1 Å². The van der Waals surface area contributed by atoms with Crippen molar-refractivity contribution < 1.29 is 17.6 Å². The van der Waals surface area contributed by atoms with Crippen LogP contribution in [-0.4, -0.2) is 37.3 Å². The molecule has 0 bridgehead atoms. The van der Waals surface area contributed by atoms with Gasteiger partial charge < -0.3 is 5.32 Å². The molecule has 1 aromatic rings. The average molecular weight is 313 g/mol. The molecule has 0 radical (unpaired) electrons. The van der Waals surface area contributed by atoms with Crippen molar-refractivity contribution in [1.29, 1.82) is 0 Å². The smallest absolute Gasteiger partial charge is 0.314 e. The Kier molecular flexibility index (Phi) is 5.79. The van der Waals surface area contributed by atoms with Gasteiger partial charge in [-0.3, -0.25) is 4.90 Å².